The van der Waals surface area contributed by atoms with Crippen molar-refractivity contribution in [2.24, 2.45) is 0 Å². The Morgan fingerprint density at radius 2 is 2.04 bits per heavy atom. The molecule has 2 N–H and O–H groups in total. The van der Waals surface area contributed by atoms with E-state index in [0.29, 0.717) is 11.3 Å². The lowest BCUT2D eigenvalue weighted by Gasteiger charge is -2.36. The highest BCUT2D eigenvalue weighted by Gasteiger charge is 2.29. The zero-order valence-corrected chi connectivity index (χ0v) is 15.3. The van der Waals surface area contributed by atoms with Crippen LogP contribution in [0.2, 0.25) is 0 Å². The second kappa shape index (κ2) is 7.31. The third-order valence-electron chi connectivity index (χ3n) is 5.22. The number of anilines is 2. The van der Waals surface area contributed by atoms with Gasteiger partial charge in [-0.1, -0.05) is 12.1 Å². The predicted octanol–water partition coefficient (Wildman–Crippen LogP) is 3.43. The topological polar surface area (TPSA) is 70.7 Å². The van der Waals surface area contributed by atoms with Crippen molar-refractivity contribution in [2.75, 3.05) is 30.8 Å². The number of likely N-dealkylation sites (tertiary alicyclic amines) is 1. The maximum atomic E-state index is 13.3. The molecule has 140 valence electrons. The number of carbonyl (C=O) groups is 2. The first-order chi connectivity index (χ1) is 13.2. The number of hydrogen-bond acceptors (Lipinski definition) is 4. The van der Waals surface area contributed by atoms with Gasteiger partial charge in [0.25, 0.3) is 5.91 Å². The molecule has 0 spiro atoms. The van der Waals surface area contributed by atoms with Crippen LogP contribution in [0.25, 0.3) is 0 Å². The van der Waals surface area contributed by atoms with E-state index in [4.69, 9.17) is 4.74 Å². The Labute approximate surface area is 158 Å². The fraction of sp³-hybridized carbons (Fsp3) is 0.333. The van der Waals surface area contributed by atoms with Crippen LogP contribution in [0.15, 0.2) is 42.5 Å². The summed E-state index contributed by atoms with van der Waals surface area (Å²) in [5.74, 6) is 0.692. The normalized spacial score (nSPS) is 18.9. The zero-order chi connectivity index (χ0) is 18.8. The molecular formula is C21H23N3O3. The minimum Gasteiger partial charge on any atom is -0.497 e. The summed E-state index contributed by atoms with van der Waals surface area (Å²) in [6.45, 7) is 0.979. The van der Waals surface area contributed by atoms with Crippen molar-refractivity contribution in [1.29, 1.82) is 0 Å². The average Bonchev–Trinajstić information content (AvgIpc) is 2.72. The Morgan fingerprint density at radius 3 is 2.89 bits per heavy atom. The minimum absolute atomic E-state index is 0.00913. The van der Waals surface area contributed by atoms with E-state index in [1.54, 1.807) is 13.2 Å². The van der Waals surface area contributed by atoms with Crippen molar-refractivity contribution in [3.05, 3.63) is 53.6 Å². The summed E-state index contributed by atoms with van der Waals surface area (Å²) in [5.41, 5.74) is 3.18. The van der Waals surface area contributed by atoms with Crippen LogP contribution in [0.3, 0.4) is 0 Å². The van der Waals surface area contributed by atoms with Crippen molar-refractivity contribution in [1.82, 2.24) is 4.90 Å². The molecule has 1 atom stereocenters. The molecule has 0 radical (unpaired) electrons. The first kappa shape index (κ1) is 17.4. The van der Waals surface area contributed by atoms with Crippen LogP contribution in [0.4, 0.5) is 11.4 Å². The predicted molar refractivity (Wildman–Crippen MR) is 104 cm³/mol. The summed E-state index contributed by atoms with van der Waals surface area (Å²) in [5, 5.41) is 5.88. The van der Waals surface area contributed by atoms with Crippen molar-refractivity contribution < 1.29 is 14.3 Å². The SMILES string of the molecule is COc1cccc([C@@H]2CCCCN2C(=O)c2ccc3c(c2)NC(=O)CN3)c1. The van der Waals surface area contributed by atoms with Gasteiger partial charge in [0.05, 0.1) is 31.1 Å². The number of hydrogen-bond donors (Lipinski definition) is 2. The Morgan fingerprint density at radius 1 is 1.15 bits per heavy atom. The van der Waals surface area contributed by atoms with Gasteiger partial charge in [-0.25, -0.2) is 0 Å². The van der Waals surface area contributed by atoms with Crippen LogP contribution in [0.1, 0.15) is 41.2 Å². The van der Waals surface area contributed by atoms with Crippen LogP contribution >= 0.6 is 0 Å². The molecule has 27 heavy (non-hydrogen) atoms. The van der Waals surface area contributed by atoms with E-state index in [1.165, 1.54) is 0 Å². The van der Waals surface area contributed by atoms with E-state index in [-0.39, 0.29) is 24.4 Å². The van der Waals surface area contributed by atoms with Crippen LogP contribution in [-0.4, -0.2) is 36.9 Å². The molecule has 0 saturated carbocycles. The highest BCUT2D eigenvalue weighted by atomic mass is 16.5. The van der Waals surface area contributed by atoms with Gasteiger partial charge in [-0.15, -0.1) is 0 Å². The second-order valence-corrected chi connectivity index (χ2v) is 6.95. The van der Waals surface area contributed by atoms with Gasteiger partial charge in [0, 0.05) is 12.1 Å². The lowest BCUT2D eigenvalue weighted by Crippen LogP contribution is -2.38. The van der Waals surface area contributed by atoms with E-state index in [9.17, 15) is 9.59 Å². The van der Waals surface area contributed by atoms with Crippen molar-refractivity contribution >= 4 is 23.2 Å². The van der Waals surface area contributed by atoms with Crippen LogP contribution < -0.4 is 15.4 Å². The molecule has 2 heterocycles. The Balaban J connectivity index is 1.63. The summed E-state index contributed by atoms with van der Waals surface area (Å²) in [7, 11) is 1.65. The molecule has 0 aliphatic carbocycles. The van der Waals surface area contributed by atoms with Crippen molar-refractivity contribution in [3.63, 3.8) is 0 Å². The molecule has 2 aliphatic rings. The standard InChI is InChI=1S/C21H23N3O3/c1-27-16-6-4-5-14(11-16)19-7-2-3-10-24(19)21(26)15-8-9-17-18(12-15)23-20(25)13-22-17/h4-6,8-9,11-12,19,22H,2-3,7,10,13H2,1H3,(H,23,25)/t19-/m0/s1. The lowest BCUT2D eigenvalue weighted by atomic mass is 9.94. The average molecular weight is 365 g/mol. The number of methoxy groups -OCH3 is 1. The third-order valence-corrected chi connectivity index (χ3v) is 5.22. The highest BCUT2D eigenvalue weighted by molar-refractivity contribution is 6.03. The summed E-state index contributed by atoms with van der Waals surface area (Å²) in [6, 6.07) is 13.4. The quantitative estimate of drug-likeness (QED) is 0.874. The molecule has 0 unspecified atom stereocenters. The van der Waals surface area contributed by atoms with Gasteiger partial charge in [0.1, 0.15) is 5.75 Å². The number of piperidine rings is 1. The molecule has 0 bridgehead atoms. The third kappa shape index (κ3) is 3.47. The molecule has 4 rings (SSSR count). The molecule has 2 amide bonds. The van der Waals surface area contributed by atoms with E-state index in [0.717, 1.165) is 42.8 Å². The molecule has 2 aromatic rings. The maximum absolute atomic E-state index is 13.3. The number of fused-ring (bicyclic) bond motifs is 1. The van der Waals surface area contributed by atoms with Crippen molar-refractivity contribution in [3.8, 4) is 5.75 Å². The largest absolute Gasteiger partial charge is 0.497 e. The molecule has 2 aliphatic heterocycles. The van der Waals surface area contributed by atoms with Crippen molar-refractivity contribution in [2.45, 2.75) is 25.3 Å². The van der Waals surface area contributed by atoms with E-state index >= 15 is 0 Å². The van der Waals surface area contributed by atoms with Gasteiger partial charge in [-0.05, 0) is 55.2 Å². The molecule has 1 saturated heterocycles. The smallest absolute Gasteiger partial charge is 0.254 e. The highest BCUT2D eigenvalue weighted by Crippen LogP contribution is 2.34. The maximum Gasteiger partial charge on any atom is 0.254 e. The Kier molecular flexibility index (Phi) is 4.71. The Bertz CT molecular complexity index is 881. The monoisotopic (exact) mass is 365 g/mol. The summed E-state index contributed by atoms with van der Waals surface area (Å²) in [6.07, 6.45) is 3.02. The number of ether oxygens (including phenoxy) is 1. The number of carbonyl (C=O) groups excluding carboxylic acids is 2. The molecule has 0 aromatic heterocycles. The van der Waals surface area contributed by atoms with E-state index in [2.05, 4.69) is 16.7 Å². The van der Waals surface area contributed by atoms with Gasteiger partial charge < -0.3 is 20.3 Å². The van der Waals surface area contributed by atoms with Crippen LogP contribution in [-0.2, 0) is 4.79 Å². The van der Waals surface area contributed by atoms with E-state index < -0.39 is 0 Å². The number of nitrogens with zero attached hydrogens (tertiary/aromatic N) is 1. The van der Waals surface area contributed by atoms with Gasteiger partial charge in [-0.3, -0.25) is 9.59 Å². The first-order valence-electron chi connectivity index (χ1n) is 9.28. The summed E-state index contributed by atoms with van der Waals surface area (Å²) in [4.78, 5) is 26.8. The van der Waals surface area contributed by atoms with Gasteiger partial charge in [0.2, 0.25) is 5.91 Å². The number of benzene rings is 2. The Hall–Kier alpha value is -3.02. The number of nitrogens with one attached hydrogen (secondary N) is 2. The summed E-state index contributed by atoms with van der Waals surface area (Å²) >= 11 is 0. The second-order valence-electron chi connectivity index (χ2n) is 6.95. The minimum atomic E-state index is -0.0978. The summed E-state index contributed by atoms with van der Waals surface area (Å²) < 4.78 is 5.35. The number of rotatable bonds is 3. The molecule has 6 nitrogen and oxygen atoms in total. The number of amides is 2. The van der Waals surface area contributed by atoms with Crippen LogP contribution in [0.5, 0.6) is 5.75 Å². The molecule has 1 fully saturated rings. The molecule has 6 heteroatoms. The van der Waals surface area contributed by atoms with Gasteiger partial charge in [0.15, 0.2) is 0 Å². The zero-order valence-electron chi connectivity index (χ0n) is 15.3. The lowest BCUT2D eigenvalue weighted by molar-refractivity contribution is -0.114. The van der Waals surface area contributed by atoms with Crippen LogP contribution in [0, 0.1) is 0 Å². The van der Waals surface area contributed by atoms with Gasteiger partial charge >= 0.3 is 0 Å². The fourth-order valence-corrected chi connectivity index (χ4v) is 3.84. The fourth-order valence-electron chi connectivity index (χ4n) is 3.84. The van der Waals surface area contributed by atoms with E-state index in [1.807, 2.05) is 35.2 Å². The molecular weight excluding hydrogens is 342 g/mol. The molecule has 2 aromatic carbocycles. The van der Waals surface area contributed by atoms with Gasteiger partial charge in [-0.2, -0.15) is 0 Å². The first-order valence-corrected chi connectivity index (χ1v) is 9.28.